The Hall–Kier alpha value is -2.25. The summed E-state index contributed by atoms with van der Waals surface area (Å²) < 4.78 is 17.9. The Labute approximate surface area is 286 Å². The molecule has 17 unspecified atom stereocenters. The van der Waals surface area contributed by atoms with Gasteiger partial charge in [0.05, 0.1) is 17.8 Å². The lowest BCUT2D eigenvalue weighted by molar-refractivity contribution is -0.170. The van der Waals surface area contributed by atoms with Gasteiger partial charge < -0.3 is 19.0 Å². The molecule has 2 aliphatic heterocycles. The van der Waals surface area contributed by atoms with Crippen LogP contribution in [0.5, 0.6) is 0 Å². The average molecular weight is 667 g/mol. The fraction of sp³-hybridized carbons (Fsp3) is 0.875. The number of cyclic esters (lactones) is 2. The topological polar surface area (TPSA) is 113 Å². The number of carbonyl (C=O) groups excluding carboxylic acids is 5. The highest BCUT2D eigenvalue weighted by Crippen LogP contribution is 2.66. The normalized spacial score (nSPS) is 50.1. The summed E-state index contributed by atoms with van der Waals surface area (Å²) in [6.07, 6.45) is 9.22. The van der Waals surface area contributed by atoms with Crippen LogP contribution in [0.1, 0.15) is 119 Å². The van der Waals surface area contributed by atoms with Gasteiger partial charge in [0.2, 0.25) is 0 Å². The van der Waals surface area contributed by atoms with Crippen molar-refractivity contribution in [2.24, 2.45) is 88.3 Å². The van der Waals surface area contributed by atoms with Gasteiger partial charge in [0.1, 0.15) is 17.5 Å². The number of hydrogen-bond acceptors (Lipinski definition) is 8. The van der Waals surface area contributed by atoms with E-state index in [4.69, 9.17) is 14.2 Å². The van der Waals surface area contributed by atoms with Crippen LogP contribution in [-0.4, -0.2) is 41.4 Å². The molecular weight excluding hydrogens is 608 g/mol. The van der Waals surface area contributed by atoms with E-state index < -0.39 is 29.4 Å². The van der Waals surface area contributed by atoms with Crippen LogP contribution in [0, 0.1) is 88.3 Å². The molecule has 8 nitrogen and oxygen atoms in total. The molecule has 5 saturated carbocycles. The number of esters is 4. The molecule has 17 atom stereocenters. The quantitative estimate of drug-likeness (QED) is 0.163. The fourth-order valence-electron chi connectivity index (χ4n) is 13.6. The van der Waals surface area contributed by atoms with Crippen LogP contribution in [0.15, 0.2) is 0 Å². The Morgan fingerprint density at radius 3 is 2.35 bits per heavy atom. The van der Waals surface area contributed by atoms with Crippen molar-refractivity contribution in [3.63, 3.8) is 0 Å². The summed E-state index contributed by atoms with van der Waals surface area (Å²) >= 11 is 0. The van der Waals surface area contributed by atoms with Crippen LogP contribution >= 0.6 is 0 Å². The molecule has 0 aromatic heterocycles. The number of fused-ring (bicyclic) bond motifs is 7. The van der Waals surface area contributed by atoms with Crippen LogP contribution in [-0.2, 0) is 38.2 Å². The fourth-order valence-corrected chi connectivity index (χ4v) is 13.6. The first-order chi connectivity index (χ1) is 22.6. The molecule has 8 heteroatoms. The second-order valence-electron chi connectivity index (χ2n) is 18.3. The summed E-state index contributed by atoms with van der Waals surface area (Å²) in [6.45, 7) is 14.8. The zero-order valence-corrected chi connectivity index (χ0v) is 30.2. The first kappa shape index (κ1) is 34.2. The van der Waals surface area contributed by atoms with E-state index in [9.17, 15) is 24.0 Å². The van der Waals surface area contributed by atoms with Crippen molar-refractivity contribution < 1.29 is 38.2 Å². The third-order valence-electron chi connectivity index (χ3n) is 16.1. The maximum absolute atomic E-state index is 13.9. The molecule has 266 valence electrons. The molecule has 0 N–H and O–H groups in total. The standard InChI is InChI=1S/C40H58O8/c1-19(8-9-21(3)41)29-10-11-30-33-20(2)14-25-17-26(12-13-39(25,6)31(33)18-32(42)48-40(29,30)7)46-37(44)28-16-24-15-27(28)34(22(24)4)35-23(5)36(43)47-38(35)45/h19-20,22-31,33-35H,8-18H2,1-7H3. The maximum atomic E-state index is 13.9. The van der Waals surface area contributed by atoms with Gasteiger partial charge in [-0.05, 0) is 130 Å². The number of rotatable bonds is 7. The molecule has 0 aromatic carbocycles. The number of carbonyl (C=O) groups is 5. The predicted octanol–water partition coefficient (Wildman–Crippen LogP) is 6.96. The average Bonchev–Trinajstić information content (AvgIpc) is 3.72. The number of hydrogen-bond donors (Lipinski definition) is 0. The monoisotopic (exact) mass is 666 g/mol. The molecule has 0 amide bonds. The second-order valence-corrected chi connectivity index (χ2v) is 18.3. The third-order valence-corrected chi connectivity index (χ3v) is 16.1. The minimum Gasteiger partial charge on any atom is -0.462 e. The first-order valence-corrected chi connectivity index (χ1v) is 19.3. The highest BCUT2D eigenvalue weighted by atomic mass is 16.6. The van der Waals surface area contributed by atoms with Crippen molar-refractivity contribution >= 4 is 29.7 Å². The van der Waals surface area contributed by atoms with Gasteiger partial charge in [-0.1, -0.05) is 34.6 Å². The molecule has 7 fully saturated rings. The predicted molar refractivity (Wildman–Crippen MR) is 177 cm³/mol. The third kappa shape index (κ3) is 5.31. The summed E-state index contributed by atoms with van der Waals surface area (Å²) in [5, 5.41) is 0. The van der Waals surface area contributed by atoms with Gasteiger partial charge in [-0.25, -0.2) is 0 Å². The molecule has 0 spiro atoms. The molecule has 7 aliphatic rings. The van der Waals surface area contributed by atoms with Gasteiger partial charge in [0.15, 0.2) is 0 Å². The van der Waals surface area contributed by atoms with Crippen molar-refractivity contribution in [3.05, 3.63) is 0 Å². The Bertz CT molecular complexity index is 1360. The van der Waals surface area contributed by atoms with Crippen LogP contribution in [0.3, 0.4) is 0 Å². The maximum Gasteiger partial charge on any atom is 0.317 e. The van der Waals surface area contributed by atoms with E-state index in [0.717, 1.165) is 57.8 Å². The molecular formula is C40H58O8. The Morgan fingerprint density at radius 1 is 0.938 bits per heavy atom. The van der Waals surface area contributed by atoms with Crippen molar-refractivity contribution in [2.75, 3.05) is 0 Å². The zero-order chi connectivity index (χ0) is 34.4. The van der Waals surface area contributed by atoms with Gasteiger partial charge in [0, 0.05) is 24.7 Å². The van der Waals surface area contributed by atoms with E-state index in [1.54, 1.807) is 13.8 Å². The van der Waals surface area contributed by atoms with Gasteiger partial charge in [-0.3, -0.25) is 19.2 Å². The molecule has 5 aliphatic carbocycles. The van der Waals surface area contributed by atoms with Gasteiger partial charge in [-0.15, -0.1) is 0 Å². The second kappa shape index (κ2) is 12.2. The van der Waals surface area contributed by atoms with Crippen LogP contribution in [0.25, 0.3) is 0 Å². The molecule has 2 bridgehead atoms. The Morgan fingerprint density at radius 2 is 1.69 bits per heavy atom. The van der Waals surface area contributed by atoms with Crippen LogP contribution in [0.2, 0.25) is 0 Å². The number of Topliss-reactive ketones (excluding diaryl/α,β-unsaturated/α-hetero) is 1. The van der Waals surface area contributed by atoms with E-state index in [2.05, 4.69) is 34.6 Å². The van der Waals surface area contributed by atoms with Gasteiger partial charge >= 0.3 is 23.9 Å². The van der Waals surface area contributed by atoms with Gasteiger partial charge in [0.25, 0.3) is 0 Å². The van der Waals surface area contributed by atoms with Crippen LogP contribution in [0.4, 0.5) is 0 Å². The van der Waals surface area contributed by atoms with Crippen molar-refractivity contribution in [1.29, 1.82) is 0 Å². The number of ketones is 1. The lowest BCUT2D eigenvalue weighted by Gasteiger charge is -2.58. The van der Waals surface area contributed by atoms with Crippen molar-refractivity contribution in [2.45, 2.75) is 131 Å². The molecule has 0 aromatic rings. The Balaban J connectivity index is 1.04. The van der Waals surface area contributed by atoms with Gasteiger partial charge in [-0.2, -0.15) is 0 Å². The summed E-state index contributed by atoms with van der Waals surface area (Å²) in [5.74, 6) is 1.12. The molecule has 2 saturated heterocycles. The summed E-state index contributed by atoms with van der Waals surface area (Å²) in [4.78, 5) is 64.2. The first-order valence-electron chi connectivity index (χ1n) is 19.3. The lowest BCUT2D eigenvalue weighted by atomic mass is 9.47. The summed E-state index contributed by atoms with van der Waals surface area (Å²) in [5.41, 5.74) is -0.506. The Kier molecular flexibility index (Phi) is 8.70. The largest absolute Gasteiger partial charge is 0.462 e. The highest BCUT2D eigenvalue weighted by Gasteiger charge is 2.64. The summed E-state index contributed by atoms with van der Waals surface area (Å²) in [7, 11) is 0. The molecule has 7 rings (SSSR count). The van der Waals surface area contributed by atoms with Crippen LogP contribution < -0.4 is 0 Å². The minimum atomic E-state index is -0.493. The lowest BCUT2D eigenvalue weighted by Crippen LogP contribution is -2.54. The van der Waals surface area contributed by atoms with Crippen molar-refractivity contribution in [3.8, 4) is 0 Å². The van der Waals surface area contributed by atoms with E-state index in [1.807, 2.05) is 0 Å². The van der Waals surface area contributed by atoms with E-state index in [-0.39, 0.29) is 64.7 Å². The van der Waals surface area contributed by atoms with E-state index in [1.165, 1.54) is 0 Å². The number of ether oxygens (including phenoxy) is 3. The molecule has 0 radical (unpaired) electrons. The van der Waals surface area contributed by atoms with Crippen molar-refractivity contribution in [1.82, 2.24) is 0 Å². The molecule has 48 heavy (non-hydrogen) atoms. The minimum absolute atomic E-state index is 0.0127. The van der Waals surface area contributed by atoms with E-state index >= 15 is 0 Å². The smallest absolute Gasteiger partial charge is 0.317 e. The molecule has 2 heterocycles. The highest BCUT2D eigenvalue weighted by molar-refractivity contribution is 5.96. The summed E-state index contributed by atoms with van der Waals surface area (Å²) in [6, 6.07) is 0. The van der Waals surface area contributed by atoms with E-state index in [0.29, 0.717) is 48.3 Å². The SMILES string of the molecule is CC(=O)CCC(C)C1CCC2C3C(C)CC4CC(OC(=O)C5CC6CC5C(C5C(=O)OC(=O)C5C)C6C)CCC4(C)C3CC(=O)OC12C. The zero-order valence-electron chi connectivity index (χ0n) is 30.2.